The number of benzene rings is 2. The molecule has 1 atom stereocenters. The van der Waals surface area contributed by atoms with Crippen molar-refractivity contribution in [3.8, 4) is 0 Å². The van der Waals surface area contributed by atoms with Crippen LogP contribution in [0.3, 0.4) is 0 Å². The van der Waals surface area contributed by atoms with Crippen molar-refractivity contribution in [1.29, 1.82) is 0 Å². The summed E-state index contributed by atoms with van der Waals surface area (Å²) >= 11 is 0. The average molecular weight is 285 g/mol. The molecule has 1 unspecified atom stereocenters. The number of rotatable bonds is 4. The maximum absolute atomic E-state index is 13.3. The first kappa shape index (κ1) is 15.6. The van der Waals surface area contributed by atoms with E-state index in [1.165, 1.54) is 11.6 Å². The maximum Gasteiger partial charge on any atom is 0.123 e. The summed E-state index contributed by atoms with van der Waals surface area (Å²) < 4.78 is 13.3. The molecule has 0 heterocycles. The van der Waals surface area contributed by atoms with Gasteiger partial charge in [-0.3, -0.25) is 0 Å². The minimum Gasteiger partial charge on any atom is -0.378 e. The zero-order chi connectivity index (χ0) is 15.5. The van der Waals surface area contributed by atoms with Gasteiger partial charge in [0.2, 0.25) is 0 Å². The third-order valence-corrected chi connectivity index (χ3v) is 3.54. The molecule has 2 heteroatoms. The average Bonchev–Trinajstić information content (AvgIpc) is 2.40. The molecular weight excluding hydrogens is 261 g/mol. The van der Waals surface area contributed by atoms with Crippen molar-refractivity contribution in [2.45, 2.75) is 40.2 Å². The van der Waals surface area contributed by atoms with E-state index in [0.29, 0.717) is 0 Å². The van der Waals surface area contributed by atoms with Gasteiger partial charge in [0.05, 0.1) is 6.04 Å². The second kappa shape index (κ2) is 6.30. The summed E-state index contributed by atoms with van der Waals surface area (Å²) in [5.74, 6) is -0.190. The largest absolute Gasteiger partial charge is 0.378 e. The second-order valence-electron chi connectivity index (χ2n) is 6.83. The first-order chi connectivity index (χ1) is 9.85. The predicted octanol–water partition coefficient (Wildman–Crippen LogP) is 5.72. The number of anilines is 1. The van der Waals surface area contributed by atoms with Crippen molar-refractivity contribution >= 4 is 5.69 Å². The van der Waals surface area contributed by atoms with Crippen molar-refractivity contribution in [3.05, 3.63) is 65.5 Å². The van der Waals surface area contributed by atoms with Gasteiger partial charge in [-0.1, -0.05) is 51.1 Å². The Morgan fingerprint density at radius 3 is 2.29 bits per heavy atom. The Kier molecular flexibility index (Phi) is 4.66. The first-order valence-electron chi connectivity index (χ1n) is 7.43. The fourth-order valence-electron chi connectivity index (χ4n) is 2.53. The minimum atomic E-state index is -0.190. The van der Waals surface area contributed by atoms with E-state index in [4.69, 9.17) is 0 Å². The summed E-state index contributed by atoms with van der Waals surface area (Å²) in [4.78, 5) is 0. The van der Waals surface area contributed by atoms with Gasteiger partial charge in [-0.05, 0) is 48.1 Å². The highest BCUT2D eigenvalue weighted by molar-refractivity contribution is 5.52. The van der Waals surface area contributed by atoms with E-state index >= 15 is 0 Å². The van der Waals surface area contributed by atoms with Crippen LogP contribution in [0.25, 0.3) is 0 Å². The van der Waals surface area contributed by atoms with E-state index in [-0.39, 0.29) is 17.3 Å². The van der Waals surface area contributed by atoms with Gasteiger partial charge in [-0.25, -0.2) is 4.39 Å². The van der Waals surface area contributed by atoms with E-state index in [1.807, 2.05) is 19.1 Å². The molecule has 2 aromatic carbocycles. The smallest absolute Gasteiger partial charge is 0.123 e. The van der Waals surface area contributed by atoms with Gasteiger partial charge in [0.1, 0.15) is 5.82 Å². The van der Waals surface area contributed by atoms with Crippen LogP contribution in [-0.2, 0) is 0 Å². The van der Waals surface area contributed by atoms with Crippen LogP contribution in [0.4, 0.5) is 10.1 Å². The standard InChI is InChI=1S/C19H24FN/c1-14-12-16(20)10-11-17(14)21-18(13-19(2,3)4)15-8-6-5-7-9-15/h5-12,18,21H,13H2,1-4H3. The van der Waals surface area contributed by atoms with Gasteiger partial charge in [0.25, 0.3) is 0 Å². The molecule has 1 nitrogen and oxygen atoms in total. The molecule has 0 aromatic heterocycles. The summed E-state index contributed by atoms with van der Waals surface area (Å²) in [5.41, 5.74) is 3.40. The monoisotopic (exact) mass is 285 g/mol. The Bertz CT molecular complexity index is 584. The van der Waals surface area contributed by atoms with Crippen LogP contribution in [0, 0.1) is 18.2 Å². The zero-order valence-corrected chi connectivity index (χ0v) is 13.3. The fraction of sp³-hybridized carbons (Fsp3) is 0.368. The lowest BCUT2D eigenvalue weighted by atomic mass is 9.85. The predicted molar refractivity (Wildman–Crippen MR) is 88.0 cm³/mol. The van der Waals surface area contributed by atoms with Crippen LogP contribution in [0.15, 0.2) is 48.5 Å². The Labute approximate surface area is 127 Å². The summed E-state index contributed by atoms with van der Waals surface area (Å²) in [6, 6.07) is 15.6. The third kappa shape index (κ3) is 4.59. The lowest BCUT2D eigenvalue weighted by Gasteiger charge is -2.28. The fourth-order valence-corrected chi connectivity index (χ4v) is 2.53. The Morgan fingerprint density at radius 2 is 1.71 bits per heavy atom. The Hall–Kier alpha value is -1.83. The minimum absolute atomic E-state index is 0.190. The van der Waals surface area contributed by atoms with Gasteiger partial charge in [0, 0.05) is 5.69 Å². The summed E-state index contributed by atoms with van der Waals surface area (Å²) in [6.07, 6.45) is 1.01. The molecule has 2 rings (SSSR count). The molecule has 112 valence electrons. The summed E-state index contributed by atoms with van der Waals surface area (Å²) in [7, 11) is 0. The van der Waals surface area contributed by atoms with Crippen molar-refractivity contribution in [1.82, 2.24) is 0 Å². The molecule has 0 spiro atoms. The highest BCUT2D eigenvalue weighted by atomic mass is 19.1. The topological polar surface area (TPSA) is 12.0 Å². The number of aryl methyl sites for hydroxylation is 1. The summed E-state index contributed by atoms with van der Waals surface area (Å²) in [6.45, 7) is 8.65. The number of hydrogen-bond acceptors (Lipinski definition) is 1. The molecular formula is C19H24FN. The van der Waals surface area contributed by atoms with Crippen LogP contribution in [-0.4, -0.2) is 0 Å². The van der Waals surface area contributed by atoms with E-state index < -0.39 is 0 Å². The van der Waals surface area contributed by atoms with Crippen LogP contribution >= 0.6 is 0 Å². The zero-order valence-electron chi connectivity index (χ0n) is 13.3. The normalized spacial score (nSPS) is 13.0. The van der Waals surface area contributed by atoms with Crippen LogP contribution in [0.2, 0.25) is 0 Å². The van der Waals surface area contributed by atoms with Crippen LogP contribution < -0.4 is 5.32 Å². The van der Waals surface area contributed by atoms with E-state index in [9.17, 15) is 4.39 Å². The highest BCUT2D eigenvalue weighted by Gasteiger charge is 2.20. The molecule has 0 saturated heterocycles. The third-order valence-electron chi connectivity index (χ3n) is 3.54. The van der Waals surface area contributed by atoms with Crippen molar-refractivity contribution < 1.29 is 4.39 Å². The molecule has 0 aliphatic heterocycles. The summed E-state index contributed by atoms with van der Waals surface area (Å²) in [5, 5.41) is 3.58. The highest BCUT2D eigenvalue weighted by Crippen LogP contribution is 2.33. The molecule has 0 radical (unpaired) electrons. The second-order valence-corrected chi connectivity index (χ2v) is 6.83. The van der Waals surface area contributed by atoms with Gasteiger partial charge in [0.15, 0.2) is 0 Å². The SMILES string of the molecule is Cc1cc(F)ccc1NC(CC(C)(C)C)c1ccccc1. The molecule has 21 heavy (non-hydrogen) atoms. The van der Waals surface area contributed by atoms with Crippen molar-refractivity contribution in [2.24, 2.45) is 5.41 Å². The molecule has 0 aliphatic rings. The first-order valence-corrected chi connectivity index (χ1v) is 7.43. The molecule has 0 fully saturated rings. The molecule has 0 aliphatic carbocycles. The molecule has 0 saturated carbocycles. The number of halogens is 1. The van der Waals surface area contributed by atoms with Gasteiger partial charge in [-0.2, -0.15) is 0 Å². The van der Waals surface area contributed by atoms with E-state index in [1.54, 1.807) is 6.07 Å². The van der Waals surface area contributed by atoms with Crippen molar-refractivity contribution in [3.63, 3.8) is 0 Å². The van der Waals surface area contributed by atoms with E-state index in [2.05, 4.69) is 50.4 Å². The van der Waals surface area contributed by atoms with Crippen molar-refractivity contribution in [2.75, 3.05) is 5.32 Å². The molecule has 2 aromatic rings. The molecule has 0 amide bonds. The van der Waals surface area contributed by atoms with Crippen LogP contribution in [0.1, 0.15) is 44.4 Å². The number of hydrogen-bond donors (Lipinski definition) is 1. The van der Waals surface area contributed by atoms with Gasteiger partial charge in [-0.15, -0.1) is 0 Å². The molecule has 1 N–H and O–H groups in total. The van der Waals surface area contributed by atoms with Crippen LogP contribution in [0.5, 0.6) is 0 Å². The molecule has 0 bridgehead atoms. The van der Waals surface area contributed by atoms with E-state index in [0.717, 1.165) is 17.7 Å². The Balaban J connectivity index is 2.28. The van der Waals surface area contributed by atoms with Gasteiger partial charge >= 0.3 is 0 Å². The lowest BCUT2D eigenvalue weighted by molar-refractivity contribution is 0.352. The number of nitrogens with one attached hydrogen (secondary N) is 1. The maximum atomic E-state index is 13.3. The lowest BCUT2D eigenvalue weighted by Crippen LogP contribution is -2.19. The van der Waals surface area contributed by atoms with Gasteiger partial charge < -0.3 is 5.32 Å². The Morgan fingerprint density at radius 1 is 1.05 bits per heavy atom. The quantitative estimate of drug-likeness (QED) is 0.757.